The quantitative estimate of drug-likeness (QED) is 0.442. The van der Waals surface area contributed by atoms with Crippen molar-refractivity contribution in [2.45, 2.75) is 25.0 Å². The maximum Gasteiger partial charge on any atom is 0.252 e. The van der Waals surface area contributed by atoms with E-state index in [-0.39, 0.29) is 29.5 Å². The summed E-state index contributed by atoms with van der Waals surface area (Å²) in [5, 5.41) is 19.8. The van der Waals surface area contributed by atoms with E-state index in [1.165, 1.54) is 6.20 Å². The molecule has 1 saturated carbocycles. The van der Waals surface area contributed by atoms with Gasteiger partial charge in [-0.1, -0.05) is 12.1 Å². The van der Waals surface area contributed by atoms with Gasteiger partial charge in [0.15, 0.2) is 0 Å². The summed E-state index contributed by atoms with van der Waals surface area (Å²) in [6, 6.07) is 10.9. The number of primary amides is 1. The molecule has 3 amide bonds. The predicted octanol–water partition coefficient (Wildman–Crippen LogP) is 1.40. The third-order valence-electron chi connectivity index (χ3n) is 7.15. The van der Waals surface area contributed by atoms with Gasteiger partial charge in [-0.15, -0.1) is 0 Å². The van der Waals surface area contributed by atoms with E-state index in [1.807, 2.05) is 12.1 Å². The first-order chi connectivity index (χ1) is 17.8. The van der Waals surface area contributed by atoms with E-state index >= 15 is 0 Å². The fourth-order valence-electron chi connectivity index (χ4n) is 4.84. The molecule has 1 aliphatic heterocycles. The fourth-order valence-corrected chi connectivity index (χ4v) is 4.84. The number of anilines is 1. The lowest BCUT2D eigenvalue weighted by molar-refractivity contribution is -0.134. The van der Waals surface area contributed by atoms with E-state index in [9.17, 15) is 19.6 Å². The number of nitrogens with two attached hydrogens (primary N) is 1. The number of rotatable bonds is 7. The molecule has 1 aliphatic carbocycles. The van der Waals surface area contributed by atoms with Crippen LogP contribution in [-0.2, 0) is 9.53 Å². The number of methoxy groups -OCH3 is 1. The first-order valence-corrected chi connectivity index (χ1v) is 11.9. The molecule has 11 nitrogen and oxygen atoms in total. The standard InChI is InChI=1S/C26H27N7O4/c1-29-24(35)16-5-3-4-15(8-16)17-9-20-22(18(23(28)34)10-30-33(20)11-17)31-19-12-32(13-21(19)37-2)25(36)26(14-27)6-7-26/h3-5,8-11,19,21,31H,6-7,12-13H2,1-2H3,(H2,28,34)(H,29,35)/t19-,21-/m1/s1. The van der Waals surface area contributed by atoms with Gasteiger partial charge < -0.3 is 26.0 Å². The van der Waals surface area contributed by atoms with Gasteiger partial charge in [0.05, 0.1) is 41.2 Å². The highest BCUT2D eigenvalue weighted by Gasteiger charge is 2.54. The van der Waals surface area contributed by atoms with Crippen LogP contribution in [0, 0.1) is 16.7 Å². The predicted molar refractivity (Wildman–Crippen MR) is 135 cm³/mol. The van der Waals surface area contributed by atoms with Gasteiger partial charge in [0.25, 0.3) is 11.8 Å². The maximum atomic E-state index is 13.0. The summed E-state index contributed by atoms with van der Waals surface area (Å²) in [5.41, 5.74) is 8.15. The molecule has 3 heterocycles. The lowest BCUT2D eigenvalue weighted by atomic mass is 10.0. The molecule has 2 atom stereocenters. The smallest absolute Gasteiger partial charge is 0.252 e. The number of hydrogen-bond acceptors (Lipinski definition) is 7. The maximum absolute atomic E-state index is 13.0. The van der Waals surface area contributed by atoms with Crippen LogP contribution in [0.5, 0.6) is 0 Å². The highest BCUT2D eigenvalue weighted by atomic mass is 16.5. The Hall–Kier alpha value is -4.43. The minimum absolute atomic E-state index is 0.183. The SMILES string of the molecule is CNC(=O)c1cccc(-c2cc3c(N[C@@H]4CN(C(=O)C5(C#N)CC5)C[C@H]4OC)c(C(N)=O)cnn3c2)c1. The van der Waals surface area contributed by atoms with Crippen LogP contribution < -0.4 is 16.4 Å². The second kappa shape index (κ2) is 9.22. The Bertz CT molecular complexity index is 1450. The largest absolute Gasteiger partial charge is 0.377 e. The van der Waals surface area contributed by atoms with Gasteiger partial charge in [0.2, 0.25) is 5.91 Å². The normalized spacial score (nSPS) is 19.9. The van der Waals surface area contributed by atoms with Gasteiger partial charge in [-0.3, -0.25) is 14.4 Å². The van der Waals surface area contributed by atoms with Gasteiger partial charge in [-0.05, 0) is 36.6 Å². The molecule has 3 aromatic rings. The number of benzene rings is 1. The van der Waals surface area contributed by atoms with E-state index in [0.29, 0.717) is 42.7 Å². The van der Waals surface area contributed by atoms with E-state index in [0.717, 1.165) is 11.1 Å². The molecule has 0 radical (unpaired) electrons. The highest BCUT2D eigenvalue weighted by Crippen LogP contribution is 2.47. The Labute approximate surface area is 213 Å². The summed E-state index contributed by atoms with van der Waals surface area (Å²) < 4.78 is 7.29. The molecule has 0 unspecified atom stereocenters. The number of ether oxygens (including phenoxy) is 1. The monoisotopic (exact) mass is 501 g/mol. The van der Waals surface area contributed by atoms with Crippen molar-refractivity contribution in [3.63, 3.8) is 0 Å². The number of aromatic nitrogens is 2. The minimum Gasteiger partial charge on any atom is -0.377 e. The molecule has 5 rings (SSSR count). The third kappa shape index (κ3) is 4.25. The third-order valence-corrected chi connectivity index (χ3v) is 7.15. The number of hydrogen-bond donors (Lipinski definition) is 3. The number of likely N-dealkylation sites (tertiary alicyclic amines) is 1. The zero-order valence-corrected chi connectivity index (χ0v) is 20.5. The highest BCUT2D eigenvalue weighted by molar-refractivity contribution is 6.02. The summed E-state index contributed by atoms with van der Waals surface area (Å²) >= 11 is 0. The fraction of sp³-hybridized carbons (Fsp3) is 0.346. The Morgan fingerprint density at radius 3 is 2.65 bits per heavy atom. The summed E-state index contributed by atoms with van der Waals surface area (Å²) in [7, 11) is 3.14. The Morgan fingerprint density at radius 1 is 1.22 bits per heavy atom. The molecule has 4 N–H and O–H groups in total. The number of carbonyl (C=O) groups is 3. The van der Waals surface area contributed by atoms with Crippen LogP contribution in [0.1, 0.15) is 33.6 Å². The van der Waals surface area contributed by atoms with Crippen LogP contribution in [0.15, 0.2) is 42.7 Å². The first kappa shape index (κ1) is 24.3. The number of carbonyl (C=O) groups excluding carboxylic acids is 3. The minimum atomic E-state index is -0.921. The molecule has 11 heteroatoms. The Kier molecular flexibility index (Phi) is 6.05. The first-order valence-electron chi connectivity index (χ1n) is 11.9. The van der Waals surface area contributed by atoms with E-state index < -0.39 is 11.3 Å². The molecule has 1 aromatic carbocycles. The molecule has 1 saturated heterocycles. The van der Waals surface area contributed by atoms with E-state index in [4.69, 9.17) is 10.5 Å². The van der Waals surface area contributed by atoms with Gasteiger partial charge in [0.1, 0.15) is 5.41 Å². The summed E-state index contributed by atoms with van der Waals surface area (Å²) in [6.07, 6.45) is 3.98. The van der Waals surface area contributed by atoms with E-state index in [2.05, 4.69) is 21.8 Å². The molecular formula is C26H27N7O4. The average molecular weight is 502 g/mol. The molecule has 2 aliphatic rings. The second-order valence-electron chi connectivity index (χ2n) is 9.45. The topological polar surface area (TPSA) is 155 Å². The lowest BCUT2D eigenvalue weighted by Crippen LogP contribution is -2.37. The second-order valence-corrected chi connectivity index (χ2v) is 9.45. The number of nitrogens with zero attached hydrogens (tertiary/aromatic N) is 4. The Balaban J connectivity index is 1.50. The van der Waals surface area contributed by atoms with Crippen LogP contribution in [-0.4, -0.2) is 71.6 Å². The molecular weight excluding hydrogens is 474 g/mol. The molecule has 190 valence electrons. The molecule has 0 spiro atoms. The van der Waals surface area contributed by atoms with Crippen LogP contribution in [0.25, 0.3) is 16.6 Å². The van der Waals surface area contributed by atoms with Crippen molar-refractivity contribution in [1.82, 2.24) is 19.8 Å². The molecule has 2 aromatic heterocycles. The van der Waals surface area contributed by atoms with Crippen molar-refractivity contribution in [3.05, 3.63) is 53.9 Å². The van der Waals surface area contributed by atoms with E-state index in [1.54, 1.807) is 48.0 Å². The average Bonchev–Trinajstić information content (AvgIpc) is 3.41. The van der Waals surface area contributed by atoms with Gasteiger partial charge in [-0.25, -0.2) is 4.52 Å². The number of nitriles is 1. The van der Waals surface area contributed by atoms with Crippen molar-refractivity contribution in [2.75, 3.05) is 32.6 Å². The molecule has 0 bridgehead atoms. The van der Waals surface area contributed by atoms with Crippen molar-refractivity contribution < 1.29 is 19.1 Å². The van der Waals surface area contributed by atoms with Crippen LogP contribution in [0.4, 0.5) is 5.69 Å². The van der Waals surface area contributed by atoms with Crippen molar-refractivity contribution in [2.24, 2.45) is 11.1 Å². The van der Waals surface area contributed by atoms with Crippen molar-refractivity contribution in [1.29, 1.82) is 5.26 Å². The van der Waals surface area contributed by atoms with Crippen molar-refractivity contribution >= 4 is 28.9 Å². The zero-order chi connectivity index (χ0) is 26.3. The lowest BCUT2D eigenvalue weighted by Gasteiger charge is -2.21. The molecule has 2 fully saturated rings. The molecule has 37 heavy (non-hydrogen) atoms. The number of amides is 3. The summed E-state index contributed by atoms with van der Waals surface area (Å²) in [5.74, 6) is -1.03. The summed E-state index contributed by atoms with van der Waals surface area (Å²) in [4.78, 5) is 39.1. The van der Waals surface area contributed by atoms with Gasteiger partial charge in [-0.2, -0.15) is 10.4 Å². The number of fused-ring (bicyclic) bond motifs is 1. The van der Waals surface area contributed by atoms with Gasteiger partial charge >= 0.3 is 0 Å². The van der Waals surface area contributed by atoms with Gasteiger partial charge in [0, 0.05) is 44.6 Å². The zero-order valence-electron chi connectivity index (χ0n) is 20.5. The number of nitrogens with one attached hydrogen (secondary N) is 2. The Morgan fingerprint density at radius 2 is 2.00 bits per heavy atom. The summed E-state index contributed by atoms with van der Waals surface area (Å²) in [6.45, 7) is 0.650. The van der Waals surface area contributed by atoms with Crippen molar-refractivity contribution in [3.8, 4) is 17.2 Å². The van der Waals surface area contributed by atoms with Crippen LogP contribution >= 0.6 is 0 Å². The van der Waals surface area contributed by atoms with Crippen LogP contribution in [0.3, 0.4) is 0 Å². The van der Waals surface area contributed by atoms with Crippen LogP contribution in [0.2, 0.25) is 0 Å².